The number of carboxylic acid groups (broad SMARTS) is 1. The minimum Gasteiger partial charge on any atom is -0.496 e. The summed E-state index contributed by atoms with van der Waals surface area (Å²) in [6, 6.07) is 11.7. The maximum atomic E-state index is 13.8. The monoisotopic (exact) mass is 643 g/mol. The van der Waals surface area contributed by atoms with Crippen LogP contribution in [0.2, 0.25) is 0 Å². The van der Waals surface area contributed by atoms with Crippen molar-refractivity contribution in [2.75, 3.05) is 26.7 Å². The van der Waals surface area contributed by atoms with E-state index in [1.807, 2.05) is 29.2 Å². The van der Waals surface area contributed by atoms with Crippen LogP contribution >= 0.6 is 12.4 Å². The van der Waals surface area contributed by atoms with Crippen LogP contribution in [0, 0.1) is 0 Å². The lowest BCUT2D eigenvalue weighted by Gasteiger charge is -2.52. The molecule has 0 bridgehead atoms. The zero-order chi connectivity index (χ0) is 31.3. The number of nitrogens with zero attached hydrogens (tertiary/aromatic N) is 2. The number of nitrogens with one attached hydrogen (secondary N) is 1. The van der Waals surface area contributed by atoms with Crippen LogP contribution in [0.15, 0.2) is 42.5 Å². The number of likely N-dealkylation sites (tertiary alicyclic amines) is 1. The van der Waals surface area contributed by atoms with Crippen LogP contribution in [0.1, 0.15) is 87.1 Å². The third-order valence-electron chi connectivity index (χ3n) is 9.56. The Bertz CT molecular complexity index is 1340. The van der Waals surface area contributed by atoms with Gasteiger partial charge in [-0.25, -0.2) is 4.79 Å². The summed E-state index contributed by atoms with van der Waals surface area (Å²) in [7, 11) is 1.42. The normalized spacial score (nSPS) is 21.1. The predicted molar refractivity (Wildman–Crippen MR) is 172 cm³/mol. The minimum absolute atomic E-state index is 0. The van der Waals surface area contributed by atoms with Gasteiger partial charge < -0.3 is 29.9 Å². The molecule has 11 heteroatoms. The molecule has 0 unspecified atom stereocenters. The van der Waals surface area contributed by atoms with Gasteiger partial charge in [-0.1, -0.05) is 44.7 Å². The number of piperazine rings is 1. The van der Waals surface area contributed by atoms with Crippen molar-refractivity contribution in [3.05, 3.63) is 53.6 Å². The van der Waals surface area contributed by atoms with Gasteiger partial charge in [0.15, 0.2) is 0 Å². The van der Waals surface area contributed by atoms with Crippen molar-refractivity contribution >= 4 is 30.2 Å². The van der Waals surface area contributed by atoms with Gasteiger partial charge in [-0.2, -0.15) is 0 Å². The molecule has 2 saturated heterocycles. The van der Waals surface area contributed by atoms with Gasteiger partial charge in [0.05, 0.1) is 12.7 Å². The number of unbranched alkanes of at least 4 members (excludes halogenated alkanes) is 1. The molecule has 0 aromatic heterocycles. The van der Waals surface area contributed by atoms with Crippen molar-refractivity contribution in [2.45, 2.75) is 94.9 Å². The number of carbonyl (C=O) groups excluding carboxylic acids is 2. The average molecular weight is 644 g/mol. The Balaban J connectivity index is 0.00000461. The van der Waals surface area contributed by atoms with Gasteiger partial charge in [-0.15, -0.1) is 12.4 Å². The van der Waals surface area contributed by atoms with E-state index in [9.17, 15) is 24.6 Å². The fraction of sp³-hybridized carbons (Fsp3) is 0.559. The van der Waals surface area contributed by atoms with Crippen molar-refractivity contribution in [1.29, 1.82) is 0 Å². The molecular formula is C34H46ClN3O7. The van der Waals surface area contributed by atoms with Gasteiger partial charge in [-0.3, -0.25) is 14.5 Å². The summed E-state index contributed by atoms with van der Waals surface area (Å²) in [5, 5.41) is 23.5. The van der Waals surface area contributed by atoms with Gasteiger partial charge >= 0.3 is 5.97 Å². The van der Waals surface area contributed by atoms with Gasteiger partial charge in [0.1, 0.15) is 34.4 Å². The zero-order valence-electron chi connectivity index (χ0n) is 26.3. The van der Waals surface area contributed by atoms with E-state index in [1.54, 1.807) is 12.1 Å². The Morgan fingerprint density at radius 2 is 1.67 bits per heavy atom. The van der Waals surface area contributed by atoms with Crippen LogP contribution in [-0.4, -0.2) is 81.7 Å². The molecule has 0 radical (unpaired) electrons. The first-order valence-corrected chi connectivity index (χ1v) is 15.9. The molecular weight excluding hydrogens is 598 g/mol. The lowest BCUT2D eigenvalue weighted by Crippen LogP contribution is -2.73. The van der Waals surface area contributed by atoms with Crippen molar-refractivity contribution in [3.63, 3.8) is 0 Å². The third-order valence-corrected chi connectivity index (χ3v) is 9.56. The molecule has 10 nitrogen and oxygen atoms in total. The topological polar surface area (TPSA) is 129 Å². The van der Waals surface area contributed by atoms with Crippen LogP contribution in [0.4, 0.5) is 0 Å². The second kappa shape index (κ2) is 14.8. The number of carbonyl (C=O) groups is 3. The van der Waals surface area contributed by atoms with E-state index in [2.05, 4.69) is 17.1 Å². The molecule has 3 fully saturated rings. The van der Waals surface area contributed by atoms with Crippen LogP contribution in [-0.2, 0) is 16.1 Å². The molecule has 3 N–H and O–H groups in total. The molecule has 246 valence electrons. The highest BCUT2D eigenvalue weighted by Gasteiger charge is 2.54. The molecule has 1 saturated carbocycles. The lowest BCUT2D eigenvalue weighted by molar-refractivity contribution is -0.163. The fourth-order valence-corrected chi connectivity index (χ4v) is 7.00. The number of methoxy groups -OCH3 is 1. The Kier molecular flexibility index (Phi) is 11.4. The highest BCUT2D eigenvalue weighted by atomic mass is 35.5. The van der Waals surface area contributed by atoms with E-state index < -0.39 is 23.2 Å². The van der Waals surface area contributed by atoms with E-state index in [4.69, 9.17) is 9.47 Å². The maximum absolute atomic E-state index is 13.8. The zero-order valence-corrected chi connectivity index (χ0v) is 27.1. The number of ether oxygens (including phenoxy) is 2. The van der Waals surface area contributed by atoms with E-state index in [1.165, 1.54) is 13.2 Å². The summed E-state index contributed by atoms with van der Waals surface area (Å²) in [6.07, 6.45) is 7.59. The molecule has 2 heterocycles. The number of aliphatic hydroxyl groups is 1. The molecule has 3 aliphatic rings. The molecule has 1 atom stereocenters. The highest BCUT2D eigenvalue weighted by Crippen LogP contribution is 2.38. The second-order valence-corrected chi connectivity index (χ2v) is 12.6. The number of hydrogen-bond acceptors (Lipinski definition) is 7. The van der Waals surface area contributed by atoms with Crippen LogP contribution in [0.5, 0.6) is 17.2 Å². The Morgan fingerprint density at radius 1 is 1.00 bits per heavy atom. The van der Waals surface area contributed by atoms with E-state index in [0.717, 1.165) is 37.7 Å². The van der Waals surface area contributed by atoms with Crippen molar-refractivity contribution < 1.29 is 34.1 Å². The summed E-state index contributed by atoms with van der Waals surface area (Å²) in [4.78, 5) is 43.1. The Morgan fingerprint density at radius 3 is 2.29 bits per heavy atom. The van der Waals surface area contributed by atoms with Crippen molar-refractivity contribution in [2.24, 2.45) is 0 Å². The number of amides is 2. The van der Waals surface area contributed by atoms with E-state index >= 15 is 0 Å². The molecule has 1 spiro atoms. The first-order chi connectivity index (χ1) is 21.2. The van der Waals surface area contributed by atoms with Crippen LogP contribution in [0.3, 0.4) is 0 Å². The first kappa shape index (κ1) is 34.5. The number of benzene rings is 2. The molecule has 1 aliphatic carbocycles. The van der Waals surface area contributed by atoms with Gasteiger partial charge in [0, 0.05) is 38.7 Å². The number of piperidine rings is 1. The van der Waals surface area contributed by atoms with Gasteiger partial charge in [-0.05, 0) is 61.9 Å². The fourth-order valence-electron chi connectivity index (χ4n) is 7.00. The highest BCUT2D eigenvalue weighted by molar-refractivity contribution is 6.00. The molecule has 2 aromatic carbocycles. The number of hydrogen-bond donors (Lipinski definition) is 3. The van der Waals surface area contributed by atoms with Crippen molar-refractivity contribution in [3.8, 4) is 17.2 Å². The molecule has 2 amide bonds. The number of carboxylic acids is 1. The average Bonchev–Trinajstić information content (AvgIpc) is 3.02. The summed E-state index contributed by atoms with van der Waals surface area (Å²) in [5.41, 5.74) is -0.558. The molecule has 2 aromatic rings. The van der Waals surface area contributed by atoms with Crippen LogP contribution < -0.4 is 14.8 Å². The molecule has 2 aliphatic heterocycles. The SMILES string of the molecule is CCCCN1C(=O)[C@@H](CC2(O)CCCCC2)NC(=O)C12CCN(Cc1ccc(Oc3ccc(C(=O)O)c(OC)c3)cc1)CC2.Cl. The summed E-state index contributed by atoms with van der Waals surface area (Å²) in [6.45, 7) is 4.73. The summed E-state index contributed by atoms with van der Waals surface area (Å²) < 4.78 is 11.1. The summed E-state index contributed by atoms with van der Waals surface area (Å²) >= 11 is 0. The Hall–Kier alpha value is -3.34. The number of rotatable bonds is 11. The molecule has 45 heavy (non-hydrogen) atoms. The predicted octanol–water partition coefficient (Wildman–Crippen LogP) is 5.15. The standard InChI is InChI=1S/C34H45N3O7.ClH/c1-3-4-18-37-30(38)28(22-33(42)14-6-5-7-15-33)35-32(41)34(37)16-19-36(20-17-34)23-24-8-10-25(11-9-24)44-26-12-13-27(31(39)40)29(21-26)43-2;/h8-13,21,28,42H,3-7,14-20,22-23H2,1-2H3,(H,35,41)(H,39,40);1H/t28-;/m1./s1. The van der Waals surface area contributed by atoms with Crippen molar-refractivity contribution in [1.82, 2.24) is 15.1 Å². The van der Waals surface area contributed by atoms with Gasteiger partial charge in [0.2, 0.25) is 11.8 Å². The lowest BCUT2D eigenvalue weighted by atomic mass is 9.77. The number of aromatic carboxylic acids is 1. The van der Waals surface area contributed by atoms with E-state index in [-0.39, 0.29) is 35.5 Å². The smallest absolute Gasteiger partial charge is 0.339 e. The second-order valence-electron chi connectivity index (χ2n) is 12.6. The van der Waals surface area contributed by atoms with Crippen LogP contribution in [0.25, 0.3) is 0 Å². The first-order valence-electron chi connectivity index (χ1n) is 15.9. The summed E-state index contributed by atoms with van der Waals surface area (Å²) in [5.74, 6) is 0.136. The quantitative estimate of drug-likeness (QED) is 0.307. The molecule has 5 rings (SSSR count). The maximum Gasteiger partial charge on any atom is 0.339 e. The Labute approximate surface area is 271 Å². The van der Waals surface area contributed by atoms with Gasteiger partial charge in [0.25, 0.3) is 0 Å². The largest absolute Gasteiger partial charge is 0.496 e. The third kappa shape index (κ3) is 7.73. The number of halogens is 1. The minimum atomic E-state index is -1.07. The van der Waals surface area contributed by atoms with E-state index in [0.29, 0.717) is 69.8 Å².